The molecule has 3 N–H and O–H groups in total. The van der Waals surface area contributed by atoms with Gasteiger partial charge in [-0.05, 0) is 50.1 Å². The van der Waals surface area contributed by atoms with Crippen molar-refractivity contribution in [2.45, 2.75) is 44.9 Å². The van der Waals surface area contributed by atoms with Crippen LogP contribution in [0.25, 0.3) is 22.3 Å². The fourth-order valence-electron chi connectivity index (χ4n) is 4.33. The number of nitrogens with two attached hydrogens (primary N) is 1. The van der Waals surface area contributed by atoms with Gasteiger partial charge in [0.25, 0.3) is 0 Å². The molecule has 0 aliphatic carbocycles. The maximum absolute atomic E-state index is 13.1. The molecule has 170 valence electrons. The SMILES string of the molecule is Cc1cc(C(F)(F)F)cc(O)c1-c1ccc2c([C@@H](C)N)n([C@H]3CCC(=O)N(C)C3)nc2n1. The minimum Gasteiger partial charge on any atom is -0.507 e. The number of rotatable bonds is 3. The summed E-state index contributed by atoms with van der Waals surface area (Å²) in [7, 11) is 1.75. The van der Waals surface area contributed by atoms with E-state index in [4.69, 9.17) is 5.73 Å². The summed E-state index contributed by atoms with van der Waals surface area (Å²) >= 11 is 0. The van der Waals surface area contributed by atoms with Gasteiger partial charge in [0.1, 0.15) is 5.75 Å². The lowest BCUT2D eigenvalue weighted by atomic mass is 9.99. The molecule has 1 saturated heterocycles. The number of phenols is 1. The molecule has 0 bridgehead atoms. The van der Waals surface area contributed by atoms with Crippen molar-refractivity contribution in [2.24, 2.45) is 5.73 Å². The predicted molar refractivity (Wildman–Crippen MR) is 113 cm³/mol. The van der Waals surface area contributed by atoms with Gasteiger partial charge in [0.05, 0.1) is 23.0 Å². The zero-order chi connectivity index (χ0) is 23.4. The second-order valence-corrected chi connectivity index (χ2v) is 8.34. The van der Waals surface area contributed by atoms with E-state index in [1.54, 1.807) is 24.1 Å². The first-order chi connectivity index (χ1) is 15.0. The fourth-order valence-corrected chi connectivity index (χ4v) is 4.33. The number of phenolic OH excluding ortho intramolecular Hbond substituents is 1. The van der Waals surface area contributed by atoms with Crippen LogP contribution in [-0.2, 0) is 11.0 Å². The molecule has 2 aromatic heterocycles. The van der Waals surface area contributed by atoms with Crippen LogP contribution in [0.2, 0.25) is 0 Å². The molecule has 4 rings (SSSR count). The van der Waals surface area contributed by atoms with Crippen LogP contribution in [0, 0.1) is 6.92 Å². The Kier molecular flexibility index (Phi) is 5.36. The monoisotopic (exact) mass is 447 g/mol. The van der Waals surface area contributed by atoms with E-state index < -0.39 is 17.5 Å². The first-order valence-electron chi connectivity index (χ1n) is 10.3. The summed E-state index contributed by atoms with van der Waals surface area (Å²) in [5, 5.41) is 15.7. The second-order valence-electron chi connectivity index (χ2n) is 8.34. The van der Waals surface area contributed by atoms with Gasteiger partial charge in [-0.25, -0.2) is 4.98 Å². The number of carbonyl (C=O) groups excluding carboxylic acids is 1. The average Bonchev–Trinajstić information content (AvgIpc) is 3.08. The zero-order valence-corrected chi connectivity index (χ0v) is 17.9. The van der Waals surface area contributed by atoms with Crippen LogP contribution in [-0.4, -0.2) is 44.3 Å². The highest BCUT2D eigenvalue weighted by Crippen LogP contribution is 2.39. The lowest BCUT2D eigenvalue weighted by Gasteiger charge is -2.31. The molecule has 1 fully saturated rings. The summed E-state index contributed by atoms with van der Waals surface area (Å²) in [6.07, 6.45) is -3.52. The lowest BCUT2D eigenvalue weighted by molar-refractivity contribution is -0.137. The third-order valence-corrected chi connectivity index (χ3v) is 5.88. The molecule has 0 unspecified atom stereocenters. The van der Waals surface area contributed by atoms with Crippen LogP contribution >= 0.6 is 0 Å². The van der Waals surface area contributed by atoms with Gasteiger partial charge in [-0.2, -0.15) is 18.3 Å². The Bertz CT molecular complexity index is 1180. The fraction of sp³-hybridized carbons (Fsp3) is 0.409. The highest BCUT2D eigenvalue weighted by atomic mass is 19.4. The highest BCUT2D eigenvalue weighted by Gasteiger charge is 2.32. The van der Waals surface area contributed by atoms with Crippen LogP contribution in [0.15, 0.2) is 24.3 Å². The molecule has 3 heterocycles. The zero-order valence-electron chi connectivity index (χ0n) is 17.9. The van der Waals surface area contributed by atoms with E-state index >= 15 is 0 Å². The van der Waals surface area contributed by atoms with Crippen LogP contribution in [0.4, 0.5) is 13.2 Å². The number of fused-ring (bicyclic) bond motifs is 1. The number of alkyl halides is 3. The van der Waals surface area contributed by atoms with Crippen LogP contribution in [0.1, 0.15) is 48.7 Å². The van der Waals surface area contributed by atoms with Crippen molar-refractivity contribution in [2.75, 3.05) is 13.6 Å². The Balaban J connectivity index is 1.81. The number of aromatic nitrogens is 3. The van der Waals surface area contributed by atoms with E-state index in [9.17, 15) is 23.1 Å². The Labute approximate surface area is 182 Å². The van der Waals surface area contributed by atoms with Crippen LogP contribution < -0.4 is 5.73 Å². The van der Waals surface area contributed by atoms with Crippen molar-refractivity contribution in [1.29, 1.82) is 0 Å². The molecule has 10 heteroatoms. The number of nitrogens with zero attached hydrogens (tertiary/aromatic N) is 4. The van der Waals surface area contributed by atoms with Crippen LogP contribution in [0.5, 0.6) is 5.75 Å². The number of hydrogen-bond acceptors (Lipinski definition) is 5. The maximum Gasteiger partial charge on any atom is 0.416 e. The maximum atomic E-state index is 13.1. The van der Waals surface area contributed by atoms with E-state index in [1.165, 1.54) is 6.92 Å². The van der Waals surface area contributed by atoms with E-state index in [-0.39, 0.29) is 29.1 Å². The quantitative estimate of drug-likeness (QED) is 0.634. The van der Waals surface area contributed by atoms with E-state index in [2.05, 4.69) is 10.1 Å². The molecule has 32 heavy (non-hydrogen) atoms. The Hall–Kier alpha value is -3.14. The number of pyridine rings is 1. The molecule has 0 radical (unpaired) electrons. The van der Waals surface area contributed by atoms with Crippen molar-refractivity contribution in [1.82, 2.24) is 19.7 Å². The van der Waals surface area contributed by atoms with Crippen molar-refractivity contribution in [3.8, 4) is 17.0 Å². The molecule has 2 atom stereocenters. The van der Waals surface area contributed by atoms with Gasteiger partial charge in [0.15, 0.2) is 5.65 Å². The largest absolute Gasteiger partial charge is 0.507 e. The van der Waals surface area contributed by atoms with Gasteiger partial charge in [-0.3, -0.25) is 9.48 Å². The average molecular weight is 447 g/mol. The van der Waals surface area contributed by atoms with E-state index in [1.807, 2.05) is 11.6 Å². The minimum atomic E-state index is -4.56. The highest BCUT2D eigenvalue weighted by molar-refractivity contribution is 5.83. The Morgan fingerprint density at radius 3 is 2.59 bits per heavy atom. The molecule has 3 aromatic rings. The smallest absolute Gasteiger partial charge is 0.416 e. The summed E-state index contributed by atoms with van der Waals surface area (Å²) in [5.74, 6) is -0.419. The summed E-state index contributed by atoms with van der Waals surface area (Å²) in [4.78, 5) is 18.1. The molecule has 1 aliphatic rings. The Morgan fingerprint density at radius 1 is 1.28 bits per heavy atom. The number of aryl methyl sites for hydroxylation is 1. The number of likely N-dealkylation sites (N-methyl/N-ethyl adjacent to an activating group) is 1. The summed E-state index contributed by atoms with van der Waals surface area (Å²) in [6, 6.07) is 4.70. The van der Waals surface area contributed by atoms with Crippen LogP contribution in [0.3, 0.4) is 0 Å². The summed E-state index contributed by atoms with van der Waals surface area (Å²) in [6.45, 7) is 3.83. The predicted octanol–water partition coefficient (Wildman–Crippen LogP) is 3.94. The Morgan fingerprint density at radius 2 is 2.00 bits per heavy atom. The number of amides is 1. The number of hydrogen-bond donors (Lipinski definition) is 2. The van der Waals surface area contributed by atoms with Gasteiger partial charge in [0.2, 0.25) is 5.91 Å². The van der Waals surface area contributed by atoms with Crippen molar-refractivity contribution < 1.29 is 23.1 Å². The number of halogens is 3. The third kappa shape index (κ3) is 3.79. The first kappa shape index (κ1) is 22.1. The molecule has 7 nitrogen and oxygen atoms in total. The van der Waals surface area contributed by atoms with Gasteiger partial charge < -0.3 is 15.7 Å². The standard InChI is InChI=1S/C22H24F3N5O2/c1-11-8-13(22(23,24)25)9-17(31)19(11)16-6-5-15-20(12(2)26)30(28-21(15)27-16)14-4-7-18(32)29(3)10-14/h5-6,8-9,12,14,31H,4,7,10,26H2,1-3H3/t12-,14+/m1/s1. The minimum absolute atomic E-state index is 0.0578. The molecule has 1 aromatic carbocycles. The molecular formula is C22H24F3N5O2. The van der Waals surface area contributed by atoms with Crippen molar-refractivity contribution >= 4 is 16.9 Å². The number of piperidine rings is 1. The summed E-state index contributed by atoms with van der Waals surface area (Å²) < 4.78 is 41.0. The van der Waals surface area contributed by atoms with Crippen molar-refractivity contribution in [3.63, 3.8) is 0 Å². The molecule has 1 aliphatic heterocycles. The molecule has 0 saturated carbocycles. The van der Waals surface area contributed by atoms with Gasteiger partial charge in [-0.1, -0.05) is 0 Å². The molecular weight excluding hydrogens is 423 g/mol. The normalized spacial score (nSPS) is 18.4. The topological polar surface area (TPSA) is 97.3 Å². The molecule has 1 amide bonds. The van der Waals surface area contributed by atoms with Gasteiger partial charge in [-0.15, -0.1) is 0 Å². The first-order valence-corrected chi connectivity index (χ1v) is 10.3. The molecule has 0 spiro atoms. The number of benzene rings is 1. The van der Waals surface area contributed by atoms with E-state index in [0.29, 0.717) is 36.8 Å². The third-order valence-electron chi connectivity index (χ3n) is 5.88. The van der Waals surface area contributed by atoms with Gasteiger partial charge in [0, 0.05) is 37.0 Å². The second kappa shape index (κ2) is 7.77. The number of likely N-dealkylation sites (tertiary alicyclic amines) is 1. The summed E-state index contributed by atoms with van der Waals surface area (Å²) in [5.41, 5.74) is 7.27. The number of aromatic hydroxyl groups is 1. The van der Waals surface area contributed by atoms with Gasteiger partial charge >= 0.3 is 6.18 Å². The number of carbonyl (C=O) groups is 1. The van der Waals surface area contributed by atoms with E-state index in [0.717, 1.165) is 17.1 Å². The van der Waals surface area contributed by atoms with Crippen molar-refractivity contribution in [3.05, 3.63) is 41.1 Å². The lowest BCUT2D eigenvalue weighted by Crippen LogP contribution is -2.39.